The van der Waals surface area contributed by atoms with Gasteiger partial charge in [-0.3, -0.25) is 0 Å². The van der Waals surface area contributed by atoms with E-state index in [0.717, 1.165) is 22.7 Å². The van der Waals surface area contributed by atoms with Crippen LogP contribution in [0.25, 0.3) is 10.9 Å². The minimum atomic E-state index is 0.814. The minimum absolute atomic E-state index is 0.814. The number of fused-ring (bicyclic) bond motifs is 1. The zero-order valence-corrected chi connectivity index (χ0v) is 10.3. The van der Waals surface area contributed by atoms with Crippen LogP contribution in [0.3, 0.4) is 0 Å². The number of aromatic nitrogens is 2. The highest BCUT2D eigenvalue weighted by Gasteiger charge is 2.06. The van der Waals surface area contributed by atoms with E-state index in [9.17, 15) is 0 Å². The van der Waals surface area contributed by atoms with Crippen LogP contribution in [0, 0.1) is 0 Å². The summed E-state index contributed by atoms with van der Waals surface area (Å²) in [6.07, 6.45) is 3.92. The quantitative estimate of drug-likeness (QED) is 0.707. The van der Waals surface area contributed by atoms with E-state index in [2.05, 4.69) is 27.9 Å². The minimum Gasteiger partial charge on any atom is -0.496 e. The summed E-state index contributed by atoms with van der Waals surface area (Å²) in [6, 6.07) is 8.18. The topological polar surface area (TPSA) is 27.1 Å². The summed E-state index contributed by atoms with van der Waals surface area (Å²) in [5.74, 6) is 0.917. The first-order chi connectivity index (χ1) is 8.38. The van der Waals surface area contributed by atoms with Crippen LogP contribution in [0.2, 0.25) is 0 Å². The van der Waals surface area contributed by atoms with Crippen LogP contribution in [0.15, 0.2) is 42.0 Å². The number of methoxy groups -OCH3 is 1. The summed E-state index contributed by atoms with van der Waals surface area (Å²) < 4.78 is 7.54. The Balaban J connectivity index is 2.06. The first-order valence-corrected chi connectivity index (χ1v) is 6.26. The Kier molecular flexibility index (Phi) is 2.57. The standard InChI is InChI=1S/C13H12N2OS/c1-16-12-4-2-3-11-10(12)5-7-15(11)9-13-14-6-8-17-13/h2-8H,9H2,1H3. The van der Waals surface area contributed by atoms with Crippen molar-refractivity contribution in [3.8, 4) is 5.75 Å². The van der Waals surface area contributed by atoms with Gasteiger partial charge in [-0.1, -0.05) is 6.07 Å². The van der Waals surface area contributed by atoms with Crippen LogP contribution < -0.4 is 4.74 Å². The average Bonchev–Trinajstić information content (AvgIpc) is 2.99. The molecular weight excluding hydrogens is 232 g/mol. The van der Waals surface area contributed by atoms with Crippen molar-refractivity contribution in [2.24, 2.45) is 0 Å². The van der Waals surface area contributed by atoms with Gasteiger partial charge in [0.25, 0.3) is 0 Å². The molecule has 0 radical (unpaired) electrons. The molecule has 0 amide bonds. The number of hydrogen-bond donors (Lipinski definition) is 0. The molecule has 2 heterocycles. The molecule has 0 spiro atoms. The highest BCUT2D eigenvalue weighted by atomic mass is 32.1. The summed E-state index contributed by atoms with van der Waals surface area (Å²) in [5, 5.41) is 4.26. The monoisotopic (exact) mass is 244 g/mol. The van der Waals surface area contributed by atoms with Crippen LogP contribution in [-0.4, -0.2) is 16.7 Å². The third kappa shape index (κ3) is 1.80. The predicted octanol–water partition coefficient (Wildman–Crippen LogP) is 3.15. The molecule has 0 bridgehead atoms. The van der Waals surface area contributed by atoms with E-state index in [1.165, 1.54) is 5.52 Å². The lowest BCUT2D eigenvalue weighted by Crippen LogP contribution is -1.96. The zero-order chi connectivity index (χ0) is 11.7. The number of thiazole rings is 1. The maximum atomic E-state index is 5.35. The maximum absolute atomic E-state index is 5.35. The average molecular weight is 244 g/mol. The fraction of sp³-hybridized carbons (Fsp3) is 0.154. The summed E-state index contributed by atoms with van der Waals surface area (Å²) >= 11 is 1.68. The van der Waals surface area contributed by atoms with E-state index in [-0.39, 0.29) is 0 Å². The molecular formula is C13H12N2OS. The molecule has 0 unspecified atom stereocenters. The molecule has 3 nitrogen and oxygen atoms in total. The molecule has 4 heteroatoms. The molecule has 0 N–H and O–H groups in total. The van der Waals surface area contributed by atoms with Crippen LogP contribution in [0.4, 0.5) is 0 Å². The molecule has 0 aliphatic heterocycles. The number of benzene rings is 1. The van der Waals surface area contributed by atoms with Gasteiger partial charge in [0.15, 0.2) is 0 Å². The fourth-order valence-electron chi connectivity index (χ4n) is 1.99. The highest BCUT2D eigenvalue weighted by Crippen LogP contribution is 2.26. The summed E-state index contributed by atoms with van der Waals surface area (Å²) in [6.45, 7) is 0.814. The Labute approximate surface area is 103 Å². The van der Waals surface area contributed by atoms with Crippen LogP contribution in [0.1, 0.15) is 5.01 Å². The van der Waals surface area contributed by atoms with Gasteiger partial charge in [-0.05, 0) is 18.2 Å². The molecule has 3 rings (SSSR count). The van der Waals surface area contributed by atoms with Crippen molar-refractivity contribution in [1.29, 1.82) is 0 Å². The van der Waals surface area contributed by atoms with Crippen molar-refractivity contribution in [3.05, 3.63) is 47.0 Å². The lowest BCUT2D eigenvalue weighted by atomic mass is 10.2. The SMILES string of the molecule is COc1cccc2c1ccn2Cc1nccs1. The Hall–Kier alpha value is -1.81. The van der Waals surface area contributed by atoms with Gasteiger partial charge in [-0.15, -0.1) is 11.3 Å². The largest absolute Gasteiger partial charge is 0.496 e. The third-order valence-electron chi connectivity index (χ3n) is 2.78. The highest BCUT2D eigenvalue weighted by molar-refractivity contribution is 7.09. The van der Waals surface area contributed by atoms with Gasteiger partial charge < -0.3 is 9.30 Å². The second-order valence-corrected chi connectivity index (χ2v) is 4.74. The van der Waals surface area contributed by atoms with Crippen LogP contribution >= 0.6 is 11.3 Å². The van der Waals surface area contributed by atoms with Crippen molar-refractivity contribution in [2.45, 2.75) is 6.54 Å². The number of ether oxygens (including phenoxy) is 1. The first-order valence-electron chi connectivity index (χ1n) is 5.38. The van der Waals surface area contributed by atoms with E-state index in [0.29, 0.717) is 0 Å². The first kappa shape index (κ1) is 10.4. The fourth-order valence-corrected chi connectivity index (χ4v) is 2.60. The van der Waals surface area contributed by atoms with Gasteiger partial charge in [0, 0.05) is 23.2 Å². The number of nitrogens with zero attached hydrogens (tertiary/aromatic N) is 2. The lowest BCUT2D eigenvalue weighted by Gasteiger charge is -2.04. The molecule has 3 aromatic rings. The Bertz CT molecular complexity index is 628. The van der Waals surface area contributed by atoms with Crippen molar-refractivity contribution >= 4 is 22.2 Å². The lowest BCUT2D eigenvalue weighted by molar-refractivity contribution is 0.420. The molecule has 0 fully saturated rings. The van der Waals surface area contributed by atoms with Gasteiger partial charge in [0.2, 0.25) is 0 Å². The van der Waals surface area contributed by atoms with E-state index < -0.39 is 0 Å². The molecule has 0 aliphatic carbocycles. The van der Waals surface area contributed by atoms with Gasteiger partial charge in [0.05, 0.1) is 19.2 Å². The third-order valence-corrected chi connectivity index (χ3v) is 3.55. The molecule has 0 saturated carbocycles. The van der Waals surface area contributed by atoms with E-state index in [1.54, 1.807) is 18.4 Å². The van der Waals surface area contributed by atoms with Crippen molar-refractivity contribution in [3.63, 3.8) is 0 Å². The predicted molar refractivity (Wildman–Crippen MR) is 69.7 cm³/mol. The molecule has 2 aromatic heterocycles. The van der Waals surface area contributed by atoms with Crippen molar-refractivity contribution in [1.82, 2.24) is 9.55 Å². The summed E-state index contributed by atoms with van der Waals surface area (Å²) in [7, 11) is 1.70. The van der Waals surface area contributed by atoms with Gasteiger partial charge in [0.1, 0.15) is 10.8 Å². The Morgan fingerprint density at radius 3 is 3.06 bits per heavy atom. The van der Waals surface area contributed by atoms with Crippen LogP contribution in [-0.2, 0) is 6.54 Å². The van der Waals surface area contributed by atoms with Crippen LogP contribution in [0.5, 0.6) is 5.75 Å². The molecule has 86 valence electrons. The van der Waals surface area contributed by atoms with Gasteiger partial charge in [-0.25, -0.2) is 4.98 Å². The zero-order valence-electron chi connectivity index (χ0n) is 9.46. The van der Waals surface area contributed by atoms with E-state index >= 15 is 0 Å². The van der Waals surface area contributed by atoms with Gasteiger partial charge in [-0.2, -0.15) is 0 Å². The maximum Gasteiger partial charge on any atom is 0.128 e. The number of rotatable bonds is 3. The second-order valence-electron chi connectivity index (χ2n) is 3.76. The van der Waals surface area contributed by atoms with Crippen molar-refractivity contribution < 1.29 is 4.74 Å². The smallest absolute Gasteiger partial charge is 0.128 e. The molecule has 17 heavy (non-hydrogen) atoms. The molecule has 0 aliphatic rings. The Morgan fingerprint density at radius 2 is 2.29 bits per heavy atom. The van der Waals surface area contributed by atoms with Crippen molar-refractivity contribution in [2.75, 3.05) is 7.11 Å². The second kappa shape index (κ2) is 4.22. The van der Waals surface area contributed by atoms with E-state index in [4.69, 9.17) is 4.74 Å². The number of hydrogen-bond acceptors (Lipinski definition) is 3. The van der Waals surface area contributed by atoms with E-state index in [1.807, 2.05) is 23.7 Å². The molecule has 1 aromatic carbocycles. The molecule has 0 saturated heterocycles. The summed E-state index contributed by atoms with van der Waals surface area (Å²) in [5.41, 5.74) is 1.18. The summed E-state index contributed by atoms with van der Waals surface area (Å²) in [4.78, 5) is 4.31. The Morgan fingerprint density at radius 1 is 1.35 bits per heavy atom. The molecule has 0 atom stereocenters. The van der Waals surface area contributed by atoms with Gasteiger partial charge >= 0.3 is 0 Å². The normalized spacial score (nSPS) is 10.9.